The summed E-state index contributed by atoms with van der Waals surface area (Å²) in [7, 11) is 1.55. The fraction of sp³-hybridized carbons (Fsp3) is 0.321. The first-order chi connectivity index (χ1) is 17.0. The summed E-state index contributed by atoms with van der Waals surface area (Å²) in [5, 5.41) is 16.2. The molecule has 0 fully saturated rings. The molecule has 1 aliphatic rings. The van der Waals surface area contributed by atoms with Gasteiger partial charge in [0.15, 0.2) is 0 Å². The van der Waals surface area contributed by atoms with E-state index in [9.17, 15) is 14.7 Å². The highest BCUT2D eigenvalue weighted by Gasteiger charge is 2.32. The Hall–Kier alpha value is -3.71. The first kappa shape index (κ1) is 24.4. The molecular weight excluding hydrogens is 442 g/mol. The van der Waals surface area contributed by atoms with Gasteiger partial charge in [0.2, 0.25) is 5.91 Å². The van der Waals surface area contributed by atoms with Crippen molar-refractivity contribution >= 4 is 17.5 Å². The quantitative estimate of drug-likeness (QED) is 0.453. The van der Waals surface area contributed by atoms with Crippen LogP contribution < -0.4 is 15.4 Å². The van der Waals surface area contributed by atoms with E-state index >= 15 is 0 Å². The van der Waals surface area contributed by atoms with Gasteiger partial charge in [0.05, 0.1) is 12.0 Å². The highest BCUT2D eigenvalue weighted by Crippen LogP contribution is 2.32. The summed E-state index contributed by atoms with van der Waals surface area (Å²) in [5.74, 6) is 0.0487. The van der Waals surface area contributed by atoms with Gasteiger partial charge in [-0.1, -0.05) is 31.5 Å². The molecule has 0 radical (unpaired) electrons. The predicted molar refractivity (Wildman–Crippen MR) is 135 cm³/mol. The first-order valence-electron chi connectivity index (χ1n) is 12.0. The van der Waals surface area contributed by atoms with Gasteiger partial charge in [-0.15, -0.1) is 0 Å². The number of amides is 2. The number of fused-ring (bicyclic) bond motifs is 1. The molecule has 3 N–H and O–H groups in total. The van der Waals surface area contributed by atoms with Crippen LogP contribution in [-0.2, 0) is 24.1 Å². The smallest absolute Gasteiger partial charge is 0.269 e. The van der Waals surface area contributed by atoms with Crippen molar-refractivity contribution in [1.29, 1.82) is 0 Å². The third-order valence-corrected chi connectivity index (χ3v) is 6.29. The van der Waals surface area contributed by atoms with E-state index in [2.05, 4.69) is 28.6 Å². The van der Waals surface area contributed by atoms with Crippen molar-refractivity contribution in [1.82, 2.24) is 10.3 Å². The molecule has 0 saturated carbocycles. The Labute approximate surface area is 205 Å². The molecule has 0 aliphatic heterocycles. The Balaban J connectivity index is 1.46. The zero-order chi connectivity index (χ0) is 24.8. The van der Waals surface area contributed by atoms with Gasteiger partial charge in [-0.3, -0.25) is 14.6 Å². The summed E-state index contributed by atoms with van der Waals surface area (Å²) in [4.78, 5) is 29.0. The molecule has 2 atom stereocenters. The van der Waals surface area contributed by atoms with E-state index in [1.165, 1.54) is 11.8 Å². The average molecular weight is 474 g/mol. The molecule has 0 bridgehead atoms. The topological polar surface area (TPSA) is 101 Å². The van der Waals surface area contributed by atoms with E-state index in [4.69, 9.17) is 4.74 Å². The van der Waals surface area contributed by atoms with Crippen molar-refractivity contribution < 1.29 is 19.4 Å². The lowest BCUT2D eigenvalue weighted by molar-refractivity contribution is -0.123. The second-order valence-corrected chi connectivity index (χ2v) is 8.86. The maximum atomic E-state index is 13.1. The van der Waals surface area contributed by atoms with Crippen LogP contribution in [0.25, 0.3) is 0 Å². The Kier molecular flexibility index (Phi) is 7.77. The molecule has 0 saturated heterocycles. The Morgan fingerprint density at radius 1 is 1.06 bits per heavy atom. The lowest BCUT2D eigenvalue weighted by Gasteiger charge is -2.29. The fourth-order valence-corrected chi connectivity index (χ4v) is 4.35. The second-order valence-electron chi connectivity index (χ2n) is 8.86. The number of rotatable bonds is 8. The molecule has 7 heteroatoms. The Morgan fingerprint density at radius 3 is 2.69 bits per heavy atom. The minimum atomic E-state index is -0.757. The van der Waals surface area contributed by atoms with E-state index in [0.29, 0.717) is 24.3 Å². The summed E-state index contributed by atoms with van der Waals surface area (Å²) >= 11 is 0. The van der Waals surface area contributed by atoms with Crippen LogP contribution in [0, 0.1) is 5.92 Å². The van der Waals surface area contributed by atoms with Crippen molar-refractivity contribution in [2.75, 3.05) is 12.4 Å². The summed E-state index contributed by atoms with van der Waals surface area (Å²) in [6.07, 6.45) is 4.78. The maximum absolute atomic E-state index is 13.1. The maximum Gasteiger partial charge on any atom is 0.269 e. The number of pyridine rings is 1. The average Bonchev–Trinajstić information content (AvgIpc) is 2.87. The van der Waals surface area contributed by atoms with Gasteiger partial charge in [-0.2, -0.15) is 0 Å². The number of benzene rings is 2. The number of hydrogen-bond acceptors (Lipinski definition) is 5. The van der Waals surface area contributed by atoms with Gasteiger partial charge in [-0.25, -0.2) is 0 Å². The number of nitrogens with one attached hydrogen (secondary N) is 2. The number of hydrogen-bond donors (Lipinski definition) is 3. The van der Waals surface area contributed by atoms with E-state index < -0.39 is 12.0 Å². The molecular formula is C28H31N3O4. The number of carbonyl (C=O) groups excluding carboxylic acids is 2. The number of aliphatic hydroxyl groups excluding tert-OH is 1. The first-order valence-corrected chi connectivity index (χ1v) is 12.0. The number of aromatic nitrogens is 1. The van der Waals surface area contributed by atoms with Gasteiger partial charge < -0.3 is 20.5 Å². The number of aryl methyl sites for hydroxylation is 1. The van der Waals surface area contributed by atoms with Gasteiger partial charge in [0.25, 0.3) is 5.91 Å². The summed E-state index contributed by atoms with van der Waals surface area (Å²) in [6.45, 7) is 2.16. The van der Waals surface area contributed by atoms with Gasteiger partial charge in [-0.05, 0) is 72.7 Å². The molecule has 2 aromatic carbocycles. The highest BCUT2D eigenvalue weighted by molar-refractivity contribution is 5.93. The standard InChI is InChI=1S/C28H31N3O4/c1-3-4-6-18-7-5-8-21(13-18)31-27(33)24-15-20-14-22(10-9-19(20)16-26(24)32)35-23-11-12-30-25(17-23)28(34)29-2/h5,7-14,17,24,26,32H,3-4,6,15-16H2,1-2H3,(H,29,34)(H,31,33). The third-order valence-electron chi connectivity index (χ3n) is 6.29. The zero-order valence-electron chi connectivity index (χ0n) is 20.1. The summed E-state index contributed by atoms with van der Waals surface area (Å²) in [6, 6.07) is 16.8. The van der Waals surface area contributed by atoms with E-state index in [1.807, 2.05) is 36.4 Å². The van der Waals surface area contributed by atoms with Crippen LogP contribution in [0.4, 0.5) is 5.69 Å². The monoisotopic (exact) mass is 473 g/mol. The molecule has 7 nitrogen and oxygen atoms in total. The molecule has 1 heterocycles. The Morgan fingerprint density at radius 2 is 1.89 bits per heavy atom. The van der Waals surface area contributed by atoms with E-state index in [0.717, 1.165) is 36.1 Å². The molecule has 3 aromatic rings. The Bertz CT molecular complexity index is 1210. The number of aliphatic hydroxyl groups is 1. The lowest BCUT2D eigenvalue weighted by Crippen LogP contribution is -2.39. The molecule has 1 aromatic heterocycles. The van der Waals surface area contributed by atoms with Crippen molar-refractivity contribution in [3.05, 3.63) is 83.2 Å². The van der Waals surface area contributed by atoms with Crippen LogP contribution in [0.1, 0.15) is 46.9 Å². The van der Waals surface area contributed by atoms with Crippen LogP contribution >= 0.6 is 0 Å². The van der Waals surface area contributed by atoms with Crippen molar-refractivity contribution in [3.63, 3.8) is 0 Å². The SMILES string of the molecule is CCCCc1cccc(NC(=O)C2Cc3cc(Oc4ccnc(C(=O)NC)c4)ccc3CC2O)c1. The van der Waals surface area contributed by atoms with E-state index in [1.54, 1.807) is 19.2 Å². The van der Waals surface area contributed by atoms with Crippen molar-refractivity contribution in [2.24, 2.45) is 5.92 Å². The minimum absolute atomic E-state index is 0.188. The van der Waals surface area contributed by atoms with Crippen LogP contribution in [0.15, 0.2) is 60.8 Å². The normalized spacial score (nSPS) is 16.8. The van der Waals surface area contributed by atoms with Crippen LogP contribution in [0.2, 0.25) is 0 Å². The molecule has 2 amide bonds. The molecule has 35 heavy (non-hydrogen) atoms. The number of anilines is 1. The van der Waals surface area contributed by atoms with Gasteiger partial charge in [0, 0.05) is 25.0 Å². The molecule has 4 rings (SSSR count). The summed E-state index contributed by atoms with van der Waals surface area (Å²) in [5.41, 5.74) is 4.17. The molecule has 2 unspecified atom stereocenters. The van der Waals surface area contributed by atoms with Crippen LogP contribution in [-0.4, -0.2) is 35.1 Å². The molecule has 182 valence electrons. The number of unbranched alkanes of at least 4 members (excludes halogenated alkanes) is 1. The van der Waals surface area contributed by atoms with Gasteiger partial charge >= 0.3 is 0 Å². The number of carbonyl (C=O) groups is 2. The number of nitrogens with zero attached hydrogens (tertiary/aromatic N) is 1. The largest absolute Gasteiger partial charge is 0.457 e. The van der Waals surface area contributed by atoms with Crippen LogP contribution in [0.5, 0.6) is 11.5 Å². The zero-order valence-corrected chi connectivity index (χ0v) is 20.1. The molecule has 1 aliphatic carbocycles. The highest BCUT2D eigenvalue weighted by atomic mass is 16.5. The van der Waals surface area contributed by atoms with E-state index in [-0.39, 0.29) is 17.5 Å². The fourth-order valence-electron chi connectivity index (χ4n) is 4.35. The minimum Gasteiger partial charge on any atom is -0.457 e. The van der Waals surface area contributed by atoms with Crippen LogP contribution in [0.3, 0.4) is 0 Å². The van der Waals surface area contributed by atoms with Gasteiger partial charge in [0.1, 0.15) is 17.2 Å². The lowest BCUT2D eigenvalue weighted by atomic mass is 9.81. The second kappa shape index (κ2) is 11.1. The third kappa shape index (κ3) is 6.05. The molecule has 0 spiro atoms. The van der Waals surface area contributed by atoms with Crippen molar-refractivity contribution in [2.45, 2.75) is 45.1 Å². The van der Waals surface area contributed by atoms with Crippen molar-refractivity contribution in [3.8, 4) is 11.5 Å². The number of ether oxygens (including phenoxy) is 1. The predicted octanol–water partition coefficient (Wildman–Crippen LogP) is 4.29. The summed E-state index contributed by atoms with van der Waals surface area (Å²) < 4.78 is 5.96.